The predicted octanol–water partition coefficient (Wildman–Crippen LogP) is 0.230. The summed E-state index contributed by atoms with van der Waals surface area (Å²) in [6, 6.07) is 0. The van der Waals surface area contributed by atoms with Crippen molar-refractivity contribution in [1.29, 1.82) is 0 Å². The number of nitrogens with one attached hydrogen (secondary N) is 6. The van der Waals surface area contributed by atoms with Gasteiger partial charge in [0.25, 0.3) is 0 Å². The lowest BCUT2D eigenvalue weighted by molar-refractivity contribution is 0.527. The zero-order valence-electron chi connectivity index (χ0n) is 14.1. The molecule has 2 aromatic rings. The summed E-state index contributed by atoms with van der Waals surface area (Å²) in [5.41, 5.74) is 0. The van der Waals surface area contributed by atoms with Crippen molar-refractivity contribution >= 4 is 57.4 Å². The van der Waals surface area contributed by atoms with Crippen molar-refractivity contribution < 1.29 is 0 Å². The molecule has 10 nitrogen and oxygen atoms in total. The van der Waals surface area contributed by atoms with Crippen LogP contribution in [0.4, 0.5) is 10.3 Å². The zero-order chi connectivity index (χ0) is 18.2. The molecule has 0 spiro atoms. The maximum Gasteiger partial charge on any atom is 0.208 e. The molecule has 0 bridgehead atoms. The Morgan fingerprint density at radius 3 is 1.27 bits per heavy atom. The van der Waals surface area contributed by atoms with Crippen LogP contribution in [0.25, 0.3) is 0 Å². The number of hydrogen-bond donors (Lipinski definition) is 6. The summed E-state index contributed by atoms with van der Waals surface area (Å²) < 4.78 is 1.37. The van der Waals surface area contributed by atoms with E-state index in [9.17, 15) is 0 Å². The molecule has 0 aromatic carbocycles. The van der Waals surface area contributed by atoms with Gasteiger partial charge in [-0.3, -0.25) is 31.5 Å². The Bertz CT molecular complexity index is 686. The van der Waals surface area contributed by atoms with Gasteiger partial charge in [0.05, 0.1) is 26.7 Å². The molecular weight excluding hydrogens is 412 g/mol. The molecule has 0 unspecified atom stereocenters. The van der Waals surface area contributed by atoms with Crippen LogP contribution < -0.4 is 31.1 Å². The van der Waals surface area contributed by atoms with E-state index in [2.05, 4.69) is 51.5 Å². The maximum absolute atomic E-state index is 5.13. The number of aromatic amines is 2. The molecule has 14 heteroatoms. The monoisotopic (exact) mass is 434 g/mol. The third-order valence-corrected chi connectivity index (χ3v) is 5.86. The quantitative estimate of drug-likeness (QED) is 0.367. The molecule has 1 saturated heterocycles. The minimum absolute atomic E-state index is 0.685. The van der Waals surface area contributed by atoms with Crippen molar-refractivity contribution in [2.24, 2.45) is 0 Å². The number of hydrogen-bond acceptors (Lipinski definition) is 12. The topological polar surface area (TPSA) is 112 Å². The third kappa shape index (κ3) is 6.02. The fraction of sp³-hybridized carbons (Fsp3) is 0.667. The molecule has 0 atom stereocenters. The largest absolute Gasteiger partial charge is 0.321 e. The van der Waals surface area contributed by atoms with Crippen LogP contribution in [-0.4, -0.2) is 73.2 Å². The first-order valence-corrected chi connectivity index (χ1v) is 10.6. The van der Waals surface area contributed by atoms with Crippen molar-refractivity contribution in [3.8, 4) is 0 Å². The Morgan fingerprint density at radius 1 is 0.654 bits per heavy atom. The highest BCUT2D eigenvalue weighted by atomic mass is 32.2. The molecule has 0 aliphatic carbocycles. The lowest BCUT2D eigenvalue weighted by atomic mass is 10.5. The van der Waals surface area contributed by atoms with Gasteiger partial charge in [-0.25, -0.2) is 0 Å². The first kappa shape index (κ1) is 19.8. The van der Waals surface area contributed by atoms with E-state index in [1.54, 1.807) is 0 Å². The van der Waals surface area contributed by atoms with Gasteiger partial charge in [-0.1, -0.05) is 22.7 Å². The summed E-state index contributed by atoms with van der Waals surface area (Å²) in [6.07, 6.45) is 0. The molecule has 2 aromatic heterocycles. The zero-order valence-corrected chi connectivity index (χ0v) is 17.3. The summed E-state index contributed by atoms with van der Waals surface area (Å²) >= 11 is 13.2. The smallest absolute Gasteiger partial charge is 0.208 e. The van der Waals surface area contributed by atoms with Crippen LogP contribution >= 0.6 is 47.1 Å². The van der Waals surface area contributed by atoms with Gasteiger partial charge >= 0.3 is 0 Å². The van der Waals surface area contributed by atoms with Crippen LogP contribution in [0.2, 0.25) is 0 Å². The van der Waals surface area contributed by atoms with Gasteiger partial charge in [0.1, 0.15) is 0 Å². The Kier molecular flexibility index (Phi) is 7.87. The molecule has 1 fully saturated rings. The highest BCUT2D eigenvalue weighted by Gasteiger charge is 2.12. The van der Waals surface area contributed by atoms with Crippen molar-refractivity contribution in [1.82, 2.24) is 41.7 Å². The van der Waals surface area contributed by atoms with Crippen LogP contribution in [0.15, 0.2) is 0 Å². The van der Waals surface area contributed by atoms with E-state index in [0.29, 0.717) is 34.6 Å². The molecular formula is C12H22N10S4. The summed E-state index contributed by atoms with van der Waals surface area (Å²) in [7, 11) is 0. The minimum atomic E-state index is 0.685. The molecule has 0 amide bonds. The van der Waals surface area contributed by atoms with Gasteiger partial charge in [-0.15, -0.1) is 10.2 Å². The van der Waals surface area contributed by atoms with Gasteiger partial charge in [0.2, 0.25) is 10.3 Å². The Morgan fingerprint density at radius 2 is 1.00 bits per heavy atom. The Balaban J connectivity index is 1.54. The first-order chi connectivity index (χ1) is 12.7. The number of H-pyrrole nitrogens is 2. The van der Waals surface area contributed by atoms with Crippen LogP contribution in [-0.2, 0) is 0 Å². The summed E-state index contributed by atoms with van der Waals surface area (Å²) in [6.45, 7) is 6.14. The van der Waals surface area contributed by atoms with Crippen LogP contribution in [0, 0.1) is 7.91 Å². The number of anilines is 2. The molecule has 0 radical (unpaired) electrons. The van der Waals surface area contributed by atoms with Gasteiger partial charge < -0.3 is 9.80 Å². The van der Waals surface area contributed by atoms with Crippen LogP contribution in [0.5, 0.6) is 0 Å². The molecule has 3 heterocycles. The summed E-state index contributed by atoms with van der Waals surface area (Å²) in [5.74, 6) is 0. The average Bonchev–Trinajstić information content (AvgIpc) is 3.25. The van der Waals surface area contributed by atoms with Gasteiger partial charge in [-0.05, 0) is 24.4 Å². The van der Waals surface area contributed by atoms with E-state index in [1.165, 1.54) is 22.7 Å². The molecule has 3 rings (SSSR count). The van der Waals surface area contributed by atoms with Gasteiger partial charge in [-0.2, -0.15) is 0 Å². The lowest BCUT2D eigenvalue weighted by Gasteiger charge is -2.25. The highest BCUT2D eigenvalue weighted by molar-refractivity contribution is 7.73. The van der Waals surface area contributed by atoms with Crippen molar-refractivity contribution in [2.45, 2.75) is 0 Å². The van der Waals surface area contributed by atoms with Crippen molar-refractivity contribution in [3.05, 3.63) is 7.91 Å². The second-order valence-corrected chi connectivity index (χ2v) is 8.79. The van der Waals surface area contributed by atoms with Crippen molar-refractivity contribution in [3.63, 3.8) is 0 Å². The van der Waals surface area contributed by atoms with E-state index < -0.39 is 0 Å². The highest BCUT2D eigenvalue weighted by Crippen LogP contribution is 2.16. The Labute approximate surface area is 169 Å². The molecule has 1 aliphatic rings. The molecule has 6 N–H and O–H groups in total. The summed E-state index contributed by atoms with van der Waals surface area (Å²) in [5, 5.41) is 29.7. The predicted molar refractivity (Wildman–Crippen MR) is 111 cm³/mol. The number of nitrogens with zero attached hydrogens (tertiary/aromatic N) is 4. The van der Waals surface area contributed by atoms with Gasteiger partial charge in [0, 0.05) is 26.2 Å². The van der Waals surface area contributed by atoms with Crippen molar-refractivity contribution in [2.75, 3.05) is 62.7 Å². The second kappa shape index (κ2) is 10.4. The molecule has 26 heavy (non-hydrogen) atoms. The average molecular weight is 435 g/mol. The standard InChI is InChI=1S/C12H22N10S4/c23-11-19-17-9(25-11)21-5-13-1-2-14-6-22(8-16-4-3-15-7-21)10-18-20-12(24)26-10/h13-16H,1-8H2,(H,19,23)(H,20,24). The Hall–Kier alpha value is -1.00. The van der Waals surface area contributed by atoms with E-state index in [1.807, 2.05) is 0 Å². The maximum atomic E-state index is 5.13. The number of rotatable bonds is 2. The first-order valence-electron chi connectivity index (χ1n) is 8.16. The minimum Gasteiger partial charge on any atom is -0.321 e. The SMILES string of the molecule is S=c1[nH]nc(N2CNCCNCN(c3n[nH]c(=S)s3)CNCCNC2)s1. The summed E-state index contributed by atoms with van der Waals surface area (Å²) in [4.78, 5) is 4.26. The number of aromatic nitrogens is 4. The van der Waals surface area contributed by atoms with E-state index >= 15 is 0 Å². The van der Waals surface area contributed by atoms with E-state index in [0.717, 1.165) is 36.4 Å². The van der Waals surface area contributed by atoms with Crippen LogP contribution in [0.3, 0.4) is 0 Å². The molecule has 0 saturated carbocycles. The third-order valence-electron chi connectivity index (χ3n) is 3.56. The van der Waals surface area contributed by atoms with Crippen LogP contribution in [0.1, 0.15) is 0 Å². The fourth-order valence-electron chi connectivity index (χ4n) is 2.31. The normalized spacial score (nSPS) is 18.6. The van der Waals surface area contributed by atoms with E-state index in [4.69, 9.17) is 24.4 Å². The van der Waals surface area contributed by atoms with Gasteiger partial charge in [0.15, 0.2) is 7.91 Å². The second-order valence-electron chi connectivity index (χ2n) is 5.50. The fourth-order valence-corrected chi connectivity index (χ4v) is 4.06. The molecule has 144 valence electrons. The van der Waals surface area contributed by atoms with E-state index in [-0.39, 0.29) is 0 Å². The molecule has 1 aliphatic heterocycles. The lowest BCUT2D eigenvalue weighted by Crippen LogP contribution is -2.47.